The summed E-state index contributed by atoms with van der Waals surface area (Å²) >= 11 is 0. The van der Waals surface area contributed by atoms with Gasteiger partial charge in [-0.1, -0.05) is 0 Å². The summed E-state index contributed by atoms with van der Waals surface area (Å²) in [6.07, 6.45) is 2.93. The van der Waals surface area contributed by atoms with Crippen LogP contribution in [0.5, 0.6) is 0 Å². The van der Waals surface area contributed by atoms with Crippen LogP contribution in [-0.2, 0) is 4.74 Å². The van der Waals surface area contributed by atoms with E-state index < -0.39 is 11.7 Å². The van der Waals surface area contributed by atoms with Crippen molar-refractivity contribution in [2.45, 2.75) is 63.6 Å². The lowest BCUT2D eigenvalue weighted by atomic mass is 10.0. The molecule has 0 aromatic rings. The largest absolute Gasteiger partial charge is 0.444 e. The summed E-state index contributed by atoms with van der Waals surface area (Å²) in [5.74, 6) is 0. The molecular weight excluding hydrogens is 223 g/mol. The fraction of sp³-hybridized carbons (Fsp3) is 0.917. The number of carbonyl (C=O) groups is 1. The quantitative estimate of drug-likeness (QED) is 0.758. The Hall–Kier alpha value is -0.840. The van der Waals surface area contributed by atoms with Crippen LogP contribution in [0.1, 0.15) is 46.5 Å². The number of alkyl carbamates (subject to hydrolysis) is 1. The van der Waals surface area contributed by atoms with E-state index in [0.717, 1.165) is 30.8 Å². The maximum absolute atomic E-state index is 13.6. The third-order valence-corrected chi connectivity index (χ3v) is 3.36. The molecule has 1 saturated heterocycles. The summed E-state index contributed by atoms with van der Waals surface area (Å²) in [5, 5.41) is 3.72. The second kappa shape index (κ2) is 4.12. The van der Waals surface area contributed by atoms with Gasteiger partial charge >= 0.3 is 6.09 Å². The average molecular weight is 244 g/mol. The van der Waals surface area contributed by atoms with Crippen LogP contribution in [0.2, 0.25) is 0 Å². The van der Waals surface area contributed by atoms with Gasteiger partial charge in [-0.2, -0.15) is 0 Å². The molecular formula is C12H21FN2O2. The fourth-order valence-corrected chi connectivity index (χ4v) is 2.46. The molecule has 0 radical (unpaired) electrons. The van der Waals surface area contributed by atoms with E-state index >= 15 is 0 Å². The molecule has 1 atom stereocenters. The van der Waals surface area contributed by atoms with Crippen molar-refractivity contribution in [3.8, 4) is 0 Å². The van der Waals surface area contributed by atoms with Crippen LogP contribution < -0.4 is 5.32 Å². The summed E-state index contributed by atoms with van der Waals surface area (Å²) in [7, 11) is 0. The first kappa shape index (κ1) is 12.6. The third kappa shape index (κ3) is 2.89. The van der Waals surface area contributed by atoms with Crippen molar-refractivity contribution in [1.29, 1.82) is 0 Å². The van der Waals surface area contributed by atoms with Crippen molar-refractivity contribution in [3.63, 3.8) is 0 Å². The van der Waals surface area contributed by atoms with Gasteiger partial charge in [-0.05, 0) is 46.5 Å². The predicted octanol–water partition coefficient (Wildman–Crippen LogP) is 2.39. The van der Waals surface area contributed by atoms with E-state index in [1.165, 1.54) is 0 Å². The van der Waals surface area contributed by atoms with Crippen LogP contribution in [0.4, 0.5) is 9.28 Å². The molecule has 17 heavy (non-hydrogen) atoms. The SMILES string of the molecule is CC(C)(C)OC(=O)NC1(C2CCCN2F)CC1. The highest BCUT2D eigenvalue weighted by Gasteiger charge is 2.55. The molecule has 1 aliphatic carbocycles. The van der Waals surface area contributed by atoms with Crippen LogP contribution in [0.25, 0.3) is 0 Å². The van der Waals surface area contributed by atoms with Crippen molar-refractivity contribution >= 4 is 6.09 Å². The van der Waals surface area contributed by atoms with Crippen molar-refractivity contribution < 1.29 is 14.0 Å². The topological polar surface area (TPSA) is 41.6 Å². The Bertz CT molecular complexity index is 310. The number of hydrogen-bond donors (Lipinski definition) is 1. The first-order valence-electron chi connectivity index (χ1n) is 6.26. The van der Waals surface area contributed by atoms with Gasteiger partial charge in [0.2, 0.25) is 0 Å². The molecule has 2 rings (SSSR count). The van der Waals surface area contributed by atoms with Crippen LogP contribution in [0, 0.1) is 0 Å². The van der Waals surface area contributed by atoms with Gasteiger partial charge in [0, 0.05) is 6.54 Å². The Morgan fingerprint density at radius 1 is 1.47 bits per heavy atom. The smallest absolute Gasteiger partial charge is 0.408 e. The molecule has 1 N–H and O–H groups in total. The van der Waals surface area contributed by atoms with Crippen LogP contribution >= 0.6 is 0 Å². The predicted molar refractivity (Wildman–Crippen MR) is 62.2 cm³/mol. The van der Waals surface area contributed by atoms with Crippen molar-refractivity contribution in [1.82, 2.24) is 10.4 Å². The molecule has 1 aliphatic heterocycles. The maximum atomic E-state index is 13.6. The number of hydrogen-bond acceptors (Lipinski definition) is 3. The summed E-state index contributed by atoms with van der Waals surface area (Å²) in [4.78, 5) is 11.7. The molecule has 1 amide bonds. The molecule has 5 heteroatoms. The van der Waals surface area contributed by atoms with Gasteiger partial charge in [0.25, 0.3) is 0 Å². The van der Waals surface area contributed by atoms with Gasteiger partial charge in [-0.15, -0.1) is 9.60 Å². The first-order valence-corrected chi connectivity index (χ1v) is 6.26. The second-order valence-electron chi connectivity index (χ2n) is 6.06. The van der Waals surface area contributed by atoms with E-state index in [-0.39, 0.29) is 11.6 Å². The molecule has 0 aromatic heterocycles. The zero-order valence-electron chi connectivity index (χ0n) is 10.8. The lowest BCUT2D eigenvalue weighted by Gasteiger charge is -2.28. The minimum Gasteiger partial charge on any atom is -0.444 e. The van der Waals surface area contributed by atoms with Gasteiger partial charge in [0.05, 0.1) is 11.6 Å². The number of ether oxygens (including phenoxy) is 1. The van der Waals surface area contributed by atoms with E-state index in [0.29, 0.717) is 6.54 Å². The zero-order valence-corrected chi connectivity index (χ0v) is 10.8. The second-order valence-corrected chi connectivity index (χ2v) is 6.06. The number of carbonyl (C=O) groups excluding carboxylic acids is 1. The van der Waals surface area contributed by atoms with Gasteiger partial charge in [0.1, 0.15) is 5.60 Å². The summed E-state index contributed by atoms with van der Waals surface area (Å²) in [6.45, 7) is 5.94. The molecule has 1 saturated carbocycles. The monoisotopic (exact) mass is 244 g/mol. The summed E-state index contributed by atoms with van der Waals surface area (Å²) in [5.41, 5.74) is -0.890. The first-order chi connectivity index (χ1) is 7.82. The number of amides is 1. The van der Waals surface area contributed by atoms with Crippen molar-refractivity contribution in [2.75, 3.05) is 6.54 Å². The summed E-state index contributed by atoms with van der Waals surface area (Å²) < 4.78 is 18.8. The van der Waals surface area contributed by atoms with Crippen LogP contribution in [0.15, 0.2) is 0 Å². The molecule has 1 unspecified atom stereocenters. The molecule has 1 heterocycles. The Balaban J connectivity index is 1.92. The number of rotatable bonds is 2. The van der Waals surface area contributed by atoms with E-state index in [9.17, 15) is 9.28 Å². The molecule has 0 aromatic carbocycles. The van der Waals surface area contributed by atoms with Gasteiger partial charge in [-0.25, -0.2) is 4.79 Å². The lowest BCUT2D eigenvalue weighted by Crippen LogP contribution is -2.50. The minimum atomic E-state index is -0.509. The standard InChI is InChI=1S/C12H21FN2O2/c1-11(2,3)17-10(16)14-12(6-7-12)9-5-4-8-15(9)13/h9H,4-8H2,1-3H3,(H,14,16). The number of nitrogens with zero attached hydrogens (tertiary/aromatic N) is 1. The molecule has 4 nitrogen and oxygen atoms in total. The van der Waals surface area contributed by atoms with Gasteiger partial charge in [0.15, 0.2) is 0 Å². The fourth-order valence-electron chi connectivity index (χ4n) is 2.46. The normalized spacial score (nSPS) is 27.9. The molecule has 0 spiro atoms. The molecule has 2 aliphatic rings. The van der Waals surface area contributed by atoms with E-state index in [4.69, 9.17) is 4.74 Å². The van der Waals surface area contributed by atoms with Crippen molar-refractivity contribution in [3.05, 3.63) is 0 Å². The maximum Gasteiger partial charge on any atom is 0.408 e. The summed E-state index contributed by atoms with van der Waals surface area (Å²) in [6, 6.07) is -0.171. The third-order valence-electron chi connectivity index (χ3n) is 3.36. The lowest BCUT2D eigenvalue weighted by molar-refractivity contribution is -0.0124. The molecule has 98 valence electrons. The Kier molecular flexibility index (Phi) is 3.06. The van der Waals surface area contributed by atoms with Crippen LogP contribution in [-0.4, -0.2) is 34.9 Å². The van der Waals surface area contributed by atoms with E-state index in [1.807, 2.05) is 20.8 Å². The highest BCUT2D eigenvalue weighted by atomic mass is 19.2. The van der Waals surface area contributed by atoms with Gasteiger partial charge < -0.3 is 10.1 Å². The Morgan fingerprint density at radius 2 is 2.12 bits per heavy atom. The Labute approximate surface area is 101 Å². The average Bonchev–Trinajstić information content (AvgIpc) is 2.77. The highest BCUT2D eigenvalue weighted by molar-refractivity contribution is 5.69. The van der Waals surface area contributed by atoms with Crippen molar-refractivity contribution in [2.24, 2.45) is 0 Å². The Morgan fingerprint density at radius 3 is 2.53 bits per heavy atom. The zero-order chi connectivity index (χ0) is 12.7. The number of nitrogens with one attached hydrogen (secondary N) is 1. The minimum absolute atomic E-state index is 0.171. The molecule has 2 fully saturated rings. The highest BCUT2D eigenvalue weighted by Crippen LogP contribution is 2.45. The van der Waals surface area contributed by atoms with Crippen LogP contribution in [0.3, 0.4) is 0 Å². The van der Waals surface area contributed by atoms with Gasteiger partial charge in [-0.3, -0.25) is 0 Å². The number of halogens is 1. The van der Waals surface area contributed by atoms with E-state index in [1.54, 1.807) is 0 Å². The molecule has 0 bridgehead atoms. The van der Waals surface area contributed by atoms with E-state index in [2.05, 4.69) is 5.32 Å².